The van der Waals surface area contributed by atoms with Gasteiger partial charge in [0.2, 0.25) is 0 Å². The van der Waals surface area contributed by atoms with Crippen LogP contribution in [-0.2, 0) is 29.1 Å². The minimum absolute atomic E-state index is 0. The van der Waals surface area contributed by atoms with Gasteiger partial charge in [-0.25, -0.2) is 12.3 Å². The molecule has 150 valence electrons. The summed E-state index contributed by atoms with van der Waals surface area (Å²) in [6.07, 6.45) is 2.55. The van der Waals surface area contributed by atoms with Gasteiger partial charge in [-0.05, 0) is 0 Å². The van der Waals surface area contributed by atoms with E-state index in [2.05, 4.69) is 90.2 Å². The van der Waals surface area contributed by atoms with E-state index >= 15 is 0 Å². The van der Waals surface area contributed by atoms with Crippen molar-refractivity contribution in [2.45, 2.75) is 92.6 Å². The molecule has 0 N–H and O–H groups in total. The summed E-state index contributed by atoms with van der Waals surface area (Å²) in [6, 6.07) is 0.834. The number of hydrogen-bond acceptors (Lipinski definition) is 2. The largest absolute Gasteiger partial charge is 6.00 e. The van der Waals surface area contributed by atoms with Gasteiger partial charge in [-0.3, -0.25) is 13.6 Å². The molecule has 0 saturated heterocycles. The smallest absolute Gasteiger partial charge is 0.678 e. The maximum absolute atomic E-state index is 7.75. The first kappa shape index (κ1) is 35.8. The van der Waals surface area contributed by atoms with E-state index in [1.54, 1.807) is 0 Å². The molecule has 0 aliphatic carbocycles. The Morgan fingerprint density at radius 2 is 0.880 bits per heavy atom. The molecule has 0 aromatic heterocycles. The van der Waals surface area contributed by atoms with Gasteiger partial charge in [-0.1, -0.05) is 68.2 Å². The molecule has 0 bridgehead atoms. The molecule has 0 saturated carbocycles. The number of carbonyl (C=O) groups excluding carboxylic acids is 2. The quantitative estimate of drug-likeness (QED) is 0.262. The molecule has 0 rings (SSSR count). The minimum atomic E-state index is 0. The van der Waals surface area contributed by atoms with E-state index < -0.39 is 0 Å². The fraction of sp³-hybridized carbons (Fsp3) is 0.889. The maximum Gasteiger partial charge on any atom is 6.00 e. The Morgan fingerprint density at radius 1 is 0.640 bits per heavy atom. The van der Waals surface area contributed by atoms with Gasteiger partial charge >= 0.3 is 19.5 Å². The molecule has 0 aromatic carbocycles. The summed E-state index contributed by atoms with van der Waals surface area (Å²) >= 11 is 0. The van der Waals surface area contributed by atoms with Crippen LogP contribution in [0, 0.1) is 0 Å². The predicted octanol–water partition coefficient (Wildman–Crippen LogP) is 5.25. The van der Waals surface area contributed by atoms with Gasteiger partial charge in [0.1, 0.15) is 0 Å². The second kappa shape index (κ2) is 31.6. The van der Waals surface area contributed by atoms with Crippen LogP contribution in [0.2, 0.25) is 0 Å². The first-order valence-corrected chi connectivity index (χ1v) is 8.61. The van der Waals surface area contributed by atoms with Crippen molar-refractivity contribution >= 4 is 13.6 Å². The Kier molecular flexibility index (Phi) is 45.2. The Hall–Kier alpha value is -0.197. The summed E-state index contributed by atoms with van der Waals surface area (Å²) in [7, 11) is 0. The molecule has 7 heteroatoms. The first-order valence-electron chi connectivity index (χ1n) is 8.61. The van der Waals surface area contributed by atoms with Crippen LogP contribution in [0.15, 0.2) is 0 Å². The van der Waals surface area contributed by atoms with Gasteiger partial charge < -0.3 is 30.9 Å². The zero-order valence-electron chi connectivity index (χ0n) is 17.3. The molecule has 0 aliphatic rings. The van der Waals surface area contributed by atoms with E-state index in [0.29, 0.717) is 12.1 Å². The van der Waals surface area contributed by atoms with E-state index in [4.69, 9.17) is 9.59 Å². The fourth-order valence-corrected chi connectivity index (χ4v) is 1.67. The van der Waals surface area contributed by atoms with Crippen LogP contribution >= 0.6 is 0 Å². The second-order valence-electron chi connectivity index (χ2n) is 5.26. The molecular weight excluding hydrogens is 405 g/mol. The van der Waals surface area contributed by atoms with Gasteiger partial charge in [0, 0.05) is 0 Å². The zero-order chi connectivity index (χ0) is 20.0. The SMILES string of the molecule is CC[N-]C(CC)[N-]C(C)C.CC[N-]C(CC)[N-]C(C)C.[CH-]=O.[CH-]=O.[Ru+6]. The molecule has 6 nitrogen and oxygen atoms in total. The third kappa shape index (κ3) is 35.7. The summed E-state index contributed by atoms with van der Waals surface area (Å²) in [6.45, 7) is 25.0. The van der Waals surface area contributed by atoms with Crippen molar-refractivity contribution in [3.05, 3.63) is 21.3 Å². The van der Waals surface area contributed by atoms with Gasteiger partial charge in [0.25, 0.3) is 0 Å². The van der Waals surface area contributed by atoms with Crippen molar-refractivity contribution < 1.29 is 29.1 Å². The van der Waals surface area contributed by atoms with E-state index in [0.717, 1.165) is 25.9 Å². The summed E-state index contributed by atoms with van der Waals surface area (Å²) in [5, 5.41) is 17.5. The molecule has 25 heavy (non-hydrogen) atoms. The molecule has 2 unspecified atom stereocenters. The van der Waals surface area contributed by atoms with Crippen LogP contribution in [0.1, 0.15) is 68.2 Å². The molecule has 0 aliphatic heterocycles. The van der Waals surface area contributed by atoms with E-state index in [9.17, 15) is 0 Å². The van der Waals surface area contributed by atoms with Crippen molar-refractivity contribution in [2.24, 2.45) is 0 Å². The van der Waals surface area contributed by atoms with Crippen molar-refractivity contribution in [2.75, 3.05) is 13.1 Å². The van der Waals surface area contributed by atoms with E-state index in [1.807, 2.05) is 0 Å². The second-order valence-corrected chi connectivity index (χ2v) is 5.26. The Morgan fingerprint density at radius 3 is 1.00 bits per heavy atom. The van der Waals surface area contributed by atoms with E-state index in [1.165, 1.54) is 0 Å². The number of hydrogen-bond donors (Lipinski definition) is 0. The third-order valence-corrected chi connectivity index (χ3v) is 2.46. The first-order chi connectivity index (χ1) is 11.4. The normalized spacial score (nSPS) is 11.6. The Labute approximate surface area is 169 Å². The number of rotatable bonds is 10. The standard InChI is InChI=1S/2C8H18N2.2CHO.Ru/c2*1-5-8(9-6-2)10-7(3)4;2*1-2;/h2*7-8H,5-6H2,1-4H3;2*1H;/q2*-2;2*-1;+6. The minimum Gasteiger partial charge on any atom is -0.678 e. The molecule has 0 fully saturated rings. The van der Waals surface area contributed by atoms with Crippen molar-refractivity contribution in [1.29, 1.82) is 0 Å². The molecule has 0 aromatic rings. The average Bonchev–Trinajstić information content (AvgIpc) is 2.57. The van der Waals surface area contributed by atoms with Crippen LogP contribution in [0.3, 0.4) is 0 Å². The molecule has 2 atom stereocenters. The van der Waals surface area contributed by atoms with Gasteiger partial charge in [-0.15, -0.1) is 12.1 Å². The van der Waals surface area contributed by atoms with Crippen molar-refractivity contribution in [1.82, 2.24) is 0 Å². The summed E-state index contributed by atoms with van der Waals surface area (Å²) < 4.78 is 0. The zero-order valence-corrected chi connectivity index (χ0v) is 19.0. The third-order valence-electron chi connectivity index (χ3n) is 2.46. The van der Waals surface area contributed by atoms with Crippen LogP contribution < -0.4 is 0 Å². The van der Waals surface area contributed by atoms with Crippen molar-refractivity contribution in [3.63, 3.8) is 0 Å². The molecule has 0 amide bonds. The van der Waals surface area contributed by atoms with Crippen LogP contribution in [0.4, 0.5) is 0 Å². The molecule has 0 radical (unpaired) electrons. The topological polar surface area (TPSA) is 90.5 Å². The van der Waals surface area contributed by atoms with Gasteiger partial charge in [0.05, 0.1) is 0 Å². The van der Waals surface area contributed by atoms with Crippen LogP contribution in [-0.4, -0.2) is 51.1 Å². The van der Waals surface area contributed by atoms with Gasteiger partial charge in [-0.2, -0.15) is 13.1 Å². The Balaban J connectivity index is -0.0000000858. The predicted molar refractivity (Wildman–Crippen MR) is 106 cm³/mol. The Bertz CT molecular complexity index is 201. The van der Waals surface area contributed by atoms with Crippen LogP contribution in [0.25, 0.3) is 21.3 Å². The maximum atomic E-state index is 7.75. The fourth-order valence-electron chi connectivity index (χ4n) is 1.67. The number of nitrogens with zero attached hydrogens (tertiary/aromatic N) is 4. The monoisotopic (exact) mass is 444 g/mol. The molecule has 0 heterocycles. The van der Waals surface area contributed by atoms with Gasteiger partial charge in [0.15, 0.2) is 0 Å². The van der Waals surface area contributed by atoms with Crippen LogP contribution in [0.5, 0.6) is 0 Å². The molecular formula is C18H38N4O2Ru. The average molecular weight is 444 g/mol. The summed E-state index contributed by atoms with van der Waals surface area (Å²) in [5.41, 5.74) is 0. The van der Waals surface area contributed by atoms with E-state index in [-0.39, 0.29) is 31.8 Å². The summed E-state index contributed by atoms with van der Waals surface area (Å²) in [4.78, 5) is 15.5. The molecule has 0 spiro atoms. The van der Waals surface area contributed by atoms with Crippen molar-refractivity contribution in [3.8, 4) is 0 Å². The summed E-state index contributed by atoms with van der Waals surface area (Å²) in [5.74, 6) is 0.